The zero-order valence-electron chi connectivity index (χ0n) is 12.8. The molecule has 0 unspecified atom stereocenters. The van der Waals surface area contributed by atoms with Crippen molar-refractivity contribution in [1.82, 2.24) is 0 Å². The van der Waals surface area contributed by atoms with Crippen molar-refractivity contribution in [3.63, 3.8) is 0 Å². The van der Waals surface area contributed by atoms with Crippen molar-refractivity contribution >= 4 is 27.3 Å². The summed E-state index contributed by atoms with van der Waals surface area (Å²) in [7, 11) is -3.04. The van der Waals surface area contributed by atoms with E-state index in [4.69, 9.17) is 16.7 Å². The molecule has 0 aromatic heterocycles. The minimum atomic E-state index is -4.90. The largest absolute Gasteiger partial charge is 0.417 e. The fourth-order valence-electron chi connectivity index (χ4n) is 2.22. The van der Waals surface area contributed by atoms with E-state index < -0.39 is 32.5 Å². The van der Waals surface area contributed by atoms with Crippen LogP contribution in [-0.4, -0.2) is 15.5 Å². The number of sulfonamides is 1. The molecular formula is C15H13ClF4N2O2S. The van der Waals surface area contributed by atoms with Crippen LogP contribution in [0.3, 0.4) is 0 Å². The molecule has 10 heteroatoms. The van der Waals surface area contributed by atoms with Gasteiger partial charge in [-0.3, -0.25) is 0 Å². The molecular weight excluding hydrogens is 384 g/mol. The Hall–Kier alpha value is -1.84. The predicted molar refractivity (Wildman–Crippen MR) is 86.3 cm³/mol. The van der Waals surface area contributed by atoms with E-state index in [2.05, 4.69) is 0 Å². The third-order valence-corrected chi connectivity index (χ3v) is 4.76. The quantitative estimate of drug-likeness (QED) is 0.800. The van der Waals surface area contributed by atoms with Gasteiger partial charge in [0.2, 0.25) is 10.0 Å². The number of rotatable bonds is 4. The van der Waals surface area contributed by atoms with E-state index >= 15 is 0 Å². The maximum absolute atomic E-state index is 13.2. The number of primary sulfonamides is 1. The van der Waals surface area contributed by atoms with E-state index in [-0.39, 0.29) is 17.3 Å². The summed E-state index contributed by atoms with van der Waals surface area (Å²) in [4.78, 5) is 0.415. The standard InChI is InChI=1S/C15H13ClF4N2O2S/c1-22(8-9-2-3-10(17)6-13(9)16)11-4-5-14(25(21,23)24)12(7-11)15(18,19)20/h2-7H,8H2,1H3,(H2,21,23,24). The van der Waals surface area contributed by atoms with Crippen molar-refractivity contribution < 1.29 is 26.0 Å². The Kier molecular flexibility index (Phi) is 5.31. The minimum absolute atomic E-state index is 0.0884. The molecule has 0 aliphatic carbocycles. The molecule has 0 saturated carbocycles. The molecule has 0 heterocycles. The Morgan fingerprint density at radius 3 is 2.32 bits per heavy atom. The fraction of sp³-hybridized carbons (Fsp3) is 0.200. The molecule has 0 radical (unpaired) electrons. The Morgan fingerprint density at radius 1 is 1.16 bits per heavy atom. The first kappa shape index (κ1) is 19.5. The second-order valence-corrected chi connectivity index (χ2v) is 7.25. The van der Waals surface area contributed by atoms with E-state index in [0.717, 1.165) is 12.1 Å². The lowest BCUT2D eigenvalue weighted by Crippen LogP contribution is -2.21. The molecule has 2 aromatic rings. The molecule has 0 spiro atoms. The van der Waals surface area contributed by atoms with Gasteiger partial charge >= 0.3 is 6.18 Å². The van der Waals surface area contributed by atoms with E-state index in [1.54, 1.807) is 0 Å². The van der Waals surface area contributed by atoms with Gasteiger partial charge in [0.1, 0.15) is 5.82 Å². The molecule has 0 aliphatic rings. The fourth-order valence-corrected chi connectivity index (χ4v) is 3.19. The van der Waals surface area contributed by atoms with Crippen molar-refractivity contribution in [3.8, 4) is 0 Å². The number of nitrogens with zero attached hydrogens (tertiary/aromatic N) is 1. The summed E-state index contributed by atoms with van der Waals surface area (Å²) >= 11 is 5.91. The van der Waals surface area contributed by atoms with Gasteiger partial charge in [-0.05, 0) is 35.9 Å². The average molecular weight is 397 g/mol. The number of hydrogen-bond acceptors (Lipinski definition) is 3. The van der Waals surface area contributed by atoms with Gasteiger partial charge in [0.05, 0.1) is 10.5 Å². The molecule has 4 nitrogen and oxygen atoms in total. The number of alkyl halides is 3. The molecule has 0 saturated heterocycles. The van der Waals surface area contributed by atoms with Crippen LogP contribution in [0, 0.1) is 5.82 Å². The smallest absolute Gasteiger partial charge is 0.370 e. The lowest BCUT2D eigenvalue weighted by Gasteiger charge is -2.22. The molecule has 2 rings (SSSR count). The van der Waals surface area contributed by atoms with Crippen LogP contribution in [0.5, 0.6) is 0 Å². The second kappa shape index (κ2) is 6.81. The van der Waals surface area contributed by atoms with Crippen LogP contribution in [0.1, 0.15) is 11.1 Å². The predicted octanol–water partition coefficient (Wildman–Crippen LogP) is 3.78. The molecule has 25 heavy (non-hydrogen) atoms. The Balaban J connectivity index is 2.42. The van der Waals surface area contributed by atoms with Crippen LogP contribution >= 0.6 is 11.6 Å². The average Bonchev–Trinajstić information content (AvgIpc) is 2.47. The van der Waals surface area contributed by atoms with Gasteiger partial charge in [0, 0.05) is 24.3 Å². The summed E-state index contributed by atoms with van der Waals surface area (Å²) in [6.07, 6.45) is -4.90. The molecule has 2 N–H and O–H groups in total. The highest BCUT2D eigenvalue weighted by molar-refractivity contribution is 7.89. The van der Waals surface area contributed by atoms with E-state index in [9.17, 15) is 26.0 Å². The highest BCUT2D eigenvalue weighted by atomic mass is 35.5. The number of hydrogen-bond donors (Lipinski definition) is 1. The lowest BCUT2D eigenvalue weighted by atomic mass is 10.1. The molecule has 0 atom stereocenters. The number of benzene rings is 2. The Labute approximate surface area is 146 Å². The first-order chi connectivity index (χ1) is 11.4. The van der Waals surface area contributed by atoms with Gasteiger partial charge < -0.3 is 4.90 Å². The second-order valence-electron chi connectivity index (χ2n) is 5.32. The van der Waals surface area contributed by atoms with E-state index in [0.29, 0.717) is 11.6 Å². The summed E-state index contributed by atoms with van der Waals surface area (Å²) in [5.41, 5.74) is -0.765. The molecule has 136 valence electrons. The van der Waals surface area contributed by atoms with E-state index in [1.165, 1.54) is 30.1 Å². The molecule has 0 aliphatic heterocycles. The van der Waals surface area contributed by atoms with Crippen LogP contribution in [0.25, 0.3) is 0 Å². The minimum Gasteiger partial charge on any atom is -0.370 e. The van der Waals surface area contributed by atoms with Crippen LogP contribution in [-0.2, 0) is 22.7 Å². The molecule has 0 amide bonds. The summed E-state index contributed by atoms with van der Waals surface area (Å²) in [5, 5.41) is 4.97. The van der Waals surface area contributed by atoms with Gasteiger partial charge in [-0.15, -0.1) is 0 Å². The maximum Gasteiger partial charge on any atom is 0.417 e. The number of anilines is 1. The van der Waals surface area contributed by atoms with Gasteiger partial charge in [-0.1, -0.05) is 17.7 Å². The molecule has 0 fully saturated rings. The lowest BCUT2D eigenvalue weighted by molar-refractivity contribution is -0.139. The zero-order chi connectivity index (χ0) is 19.0. The zero-order valence-corrected chi connectivity index (χ0v) is 14.4. The summed E-state index contributed by atoms with van der Waals surface area (Å²) in [5.74, 6) is -0.534. The Bertz CT molecular complexity index is 901. The third kappa shape index (κ3) is 4.62. The van der Waals surface area contributed by atoms with E-state index in [1.807, 2.05) is 0 Å². The monoisotopic (exact) mass is 396 g/mol. The maximum atomic E-state index is 13.2. The van der Waals surface area contributed by atoms with Crippen molar-refractivity contribution in [2.75, 3.05) is 11.9 Å². The molecule has 0 bridgehead atoms. The van der Waals surface area contributed by atoms with Gasteiger partial charge in [0.15, 0.2) is 0 Å². The molecule has 2 aromatic carbocycles. The topological polar surface area (TPSA) is 63.4 Å². The Morgan fingerprint density at radius 2 is 1.80 bits per heavy atom. The van der Waals surface area contributed by atoms with Crippen molar-refractivity contribution in [1.29, 1.82) is 0 Å². The van der Waals surface area contributed by atoms with Gasteiger partial charge in [0.25, 0.3) is 0 Å². The van der Waals surface area contributed by atoms with Crippen molar-refractivity contribution in [2.24, 2.45) is 5.14 Å². The van der Waals surface area contributed by atoms with Gasteiger partial charge in [-0.25, -0.2) is 17.9 Å². The first-order valence-corrected chi connectivity index (χ1v) is 8.71. The summed E-state index contributed by atoms with van der Waals surface area (Å²) < 4.78 is 75.2. The number of halogens is 5. The van der Waals surface area contributed by atoms with Crippen LogP contribution in [0.2, 0.25) is 5.02 Å². The third-order valence-electron chi connectivity index (χ3n) is 3.44. The van der Waals surface area contributed by atoms with Crippen LogP contribution in [0.4, 0.5) is 23.2 Å². The summed E-state index contributed by atoms with van der Waals surface area (Å²) in [6.45, 7) is 0.0884. The van der Waals surface area contributed by atoms with Crippen molar-refractivity contribution in [2.45, 2.75) is 17.6 Å². The van der Waals surface area contributed by atoms with Crippen molar-refractivity contribution in [3.05, 3.63) is 58.4 Å². The summed E-state index contributed by atoms with van der Waals surface area (Å²) in [6, 6.07) is 6.38. The first-order valence-electron chi connectivity index (χ1n) is 6.78. The van der Waals surface area contributed by atoms with Gasteiger partial charge in [-0.2, -0.15) is 13.2 Å². The number of nitrogens with two attached hydrogens (primary N) is 1. The van der Waals surface area contributed by atoms with Crippen LogP contribution < -0.4 is 10.0 Å². The SMILES string of the molecule is CN(Cc1ccc(F)cc1Cl)c1ccc(S(N)(=O)=O)c(C(F)(F)F)c1. The highest BCUT2D eigenvalue weighted by Crippen LogP contribution is 2.36. The normalized spacial score (nSPS) is 12.3. The highest BCUT2D eigenvalue weighted by Gasteiger charge is 2.36. The van der Waals surface area contributed by atoms with Crippen LogP contribution in [0.15, 0.2) is 41.3 Å².